The summed E-state index contributed by atoms with van der Waals surface area (Å²) in [4.78, 5) is 27.3. The predicted octanol–water partition coefficient (Wildman–Crippen LogP) is 1.43. The van der Waals surface area contributed by atoms with Crippen molar-refractivity contribution in [3.05, 3.63) is 0 Å². The molecule has 1 aliphatic heterocycles. The van der Waals surface area contributed by atoms with E-state index in [1.165, 1.54) is 12.8 Å². The summed E-state index contributed by atoms with van der Waals surface area (Å²) in [7, 11) is 0. The van der Waals surface area contributed by atoms with E-state index in [2.05, 4.69) is 18.7 Å². The number of amides is 1. The highest BCUT2D eigenvalue weighted by Gasteiger charge is 2.30. The van der Waals surface area contributed by atoms with Crippen LogP contribution in [0.2, 0.25) is 0 Å². The van der Waals surface area contributed by atoms with Crippen LogP contribution in [0.5, 0.6) is 0 Å². The summed E-state index contributed by atoms with van der Waals surface area (Å²) in [5.41, 5.74) is 0. The number of rotatable bonds is 6. The molecule has 1 heterocycles. The Balaban J connectivity index is 1.80. The van der Waals surface area contributed by atoms with Gasteiger partial charge in [0, 0.05) is 25.7 Å². The van der Waals surface area contributed by atoms with E-state index in [1.807, 2.05) is 4.90 Å². The topological polar surface area (TPSA) is 60.9 Å². The molecule has 5 nitrogen and oxygen atoms in total. The SMILES string of the molecule is CC(C)N(CC(=O)N1CCC(C(=O)O)CC1)CC1CC1. The Morgan fingerprint density at radius 2 is 1.80 bits per heavy atom. The van der Waals surface area contributed by atoms with Crippen LogP contribution in [0.4, 0.5) is 0 Å². The van der Waals surface area contributed by atoms with Crippen molar-refractivity contribution in [3.8, 4) is 0 Å². The molecule has 0 radical (unpaired) electrons. The van der Waals surface area contributed by atoms with E-state index in [0.29, 0.717) is 38.5 Å². The Morgan fingerprint density at radius 1 is 1.20 bits per heavy atom. The maximum absolute atomic E-state index is 12.3. The van der Waals surface area contributed by atoms with Crippen LogP contribution in [0.15, 0.2) is 0 Å². The Hall–Kier alpha value is -1.10. The van der Waals surface area contributed by atoms with Crippen molar-refractivity contribution in [2.45, 2.75) is 45.6 Å². The Bertz CT molecular complexity index is 358. The molecule has 2 aliphatic rings. The minimum Gasteiger partial charge on any atom is -0.481 e. The fourth-order valence-electron chi connectivity index (χ4n) is 2.74. The summed E-state index contributed by atoms with van der Waals surface area (Å²) >= 11 is 0. The van der Waals surface area contributed by atoms with Crippen LogP contribution < -0.4 is 0 Å². The third-order valence-electron chi connectivity index (χ3n) is 4.46. The van der Waals surface area contributed by atoms with Crippen molar-refractivity contribution in [1.29, 1.82) is 0 Å². The van der Waals surface area contributed by atoms with Crippen LogP contribution in [0.1, 0.15) is 39.5 Å². The van der Waals surface area contributed by atoms with Gasteiger partial charge in [-0.15, -0.1) is 0 Å². The molecule has 1 saturated heterocycles. The van der Waals surface area contributed by atoms with Gasteiger partial charge in [-0.1, -0.05) is 0 Å². The lowest BCUT2D eigenvalue weighted by Gasteiger charge is -2.33. The van der Waals surface area contributed by atoms with Gasteiger partial charge in [-0.05, 0) is 45.4 Å². The number of nitrogens with zero attached hydrogens (tertiary/aromatic N) is 2. The molecule has 1 saturated carbocycles. The van der Waals surface area contributed by atoms with Crippen LogP contribution in [0, 0.1) is 11.8 Å². The Labute approximate surface area is 120 Å². The summed E-state index contributed by atoms with van der Waals surface area (Å²) in [6.45, 7) is 6.94. The van der Waals surface area contributed by atoms with Crippen LogP contribution in [-0.4, -0.2) is 59.0 Å². The number of piperidine rings is 1. The quantitative estimate of drug-likeness (QED) is 0.800. The standard InChI is InChI=1S/C15H26N2O3/c1-11(2)17(9-12-3-4-12)10-14(18)16-7-5-13(6-8-16)15(19)20/h11-13H,3-10H2,1-2H3,(H,19,20). The van der Waals surface area contributed by atoms with E-state index in [-0.39, 0.29) is 11.8 Å². The van der Waals surface area contributed by atoms with Gasteiger partial charge in [0.2, 0.25) is 5.91 Å². The number of likely N-dealkylation sites (tertiary alicyclic amines) is 1. The third kappa shape index (κ3) is 4.20. The predicted molar refractivity (Wildman–Crippen MR) is 76.4 cm³/mol. The number of carboxylic acids is 1. The van der Waals surface area contributed by atoms with Crippen LogP contribution >= 0.6 is 0 Å². The monoisotopic (exact) mass is 282 g/mol. The fourth-order valence-corrected chi connectivity index (χ4v) is 2.74. The van der Waals surface area contributed by atoms with Crippen molar-refractivity contribution in [1.82, 2.24) is 9.80 Å². The van der Waals surface area contributed by atoms with Crippen molar-refractivity contribution in [3.63, 3.8) is 0 Å². The summed E-state index contributed by atoms with van der Waals surface area (Å²) in [6.07, 6.45) is 3.76. The third-order valence-corrected chi connectivity index (χ3v) is 4.46. The van der Waals surface area contributed by atoms with Gasteiger partial charge in [-0.3, -0.25) is 14.5 Å². The Morgan fingerprint density at radius 3 is 2.25 bits per heavy atom. The van der Waals surface area contributed by atoms with Crippen molar-refractivity contribution in [2.24, 2.45) is 11.8 Å². The van der Waals surface area contributed by atoms with Crippen molar-refractivity contribution in [2.75, 3.05) is 26.2 Å². The molecule has 0 unspecified atom stereocenters. The van der Waals surface area contributed by atoms with E-state index >= 15 is 0 Å². The summed E-state index contributed by atoms with van der Waals surface area (Å²) < 4.78 is 0. The highest BCUT2D eigenvalue weighted by Crippen LogP contribution is 2.30. The lowest BCUT2D eigenvalue weighted by Crippen LogP contribution is -2.47. The molecular weight excluding hydrogens is 256 g/mol. The fraction of sp³-hybridized carbons (Fsp3) is 0.867. The van der Waals surface area contributed by atoms with E-state index < -0.39 is 5.97 Å². The van der Waals surface area contributed by atoms with Gasteiger partial charge in [-0.2, -0.15) is 0 Å². The first kappa shape index (κ1) is 15.3. The molecule has 2 rings (SSSR count). The first-order chi connectivity index (χ1) is 9.47. The van der Waals surface area contributed by atoms with Gasteiger partial charge >= 0.3 is 5.97 Å². The number of carbonyl (C=O) groups excluding carboxylic acids is 1. The number of hydrogen-bond donors (Lipinski definition) is 1. The molecule has 0 aromatic carbocycles. The molecule has 5 heteroatoms. The molecule has 0 spiro atoms. The zero-order valence-corrected chi connectivity index (χ0v) is 12.5. The number of carbonyl (C=O) groups is 2. The molecule has 1 aliphatic carbocycles. The van der Waals surface area contributed by atoms with Gasteiger partial charge in [0.05, 0.1) is 12.5 Å². The molecule has 114 valence electrons. The highest BCUT2D eigenvalue weighted by atomic mass is 16.4. The second kappa shape index (κ2) is 6.57. The average molecular weight is 282 g/mol. The number of aliphatic carboxylic acids is 1. The molecule has 0 atom stereocenters. The first-order valence-electron chi connectivity index (χ1n) is 7.72. The smallest absolute Gasteiger partial charge is 0.306 e. The number of carboxylic acid groups (broad SMARTS) is 1. The maximum Gasteiger partial charge on any atom is 0.306 e. The summed E-state index contributed by atoms with van der Waals surface area (Å²) in [5, 5.41) is 8.98. The maximum atomic E-state index is 12.3. The van der Waals surface area contributed by atoms with Gasteiger partial charge < -0.3 is 10.0 Å². The van der Waals surface area contributed by atoms with E-state index in [9.17, 15) is 9.59 Å². The second-order valence-corrected chi connectivity index (χ2v) is 6.46. The normalized spacial score (nSPS) is 20.7. The summed E-state index contributed by atoms with van der Waals surface area (Å²) in [5.74, 6) is -0.0625. The van der Waals surface area contributed by atoms with E-state index in [1.54, 1.807) is 0 Å². The number of hydrogen-bond acceptors (Lipinski definition) is 3. The molecule has 0 bridgehead atoms. The largest absolute Gasteiger partial charge is 0.481 e. The zero-order chi connectivity index (χ0) is 14.7. The Kier molecular flexibility index (Phi) is 5.02. The minimum atomic E-state index is -0.727. The van der Waals surface area contributed by atoms with E-state index in [0.717, 1.165) is 12.5 Å². The van der Waals surface area contributed by atoms with Crippen molar-refractivity contribution >= 4 is 11.9 Å². The van der Waals surface area contributed by atoms with Crippen molar-refractivity contribution < 1.29 is 14.7 Å². The molecule has 1 N–H and O–H groups in total. The molecular formula is C15H26N2O3. The summed E-state index contributed by atoms with van der Waals surface area (Å²) in [6, 6.07) is 0.385. The van der Waals surface area contributed by atoms with Crippen LogP contribution in [0.3, 0.4) is 0 Å². The van der Waals surface area contributed by atoms with Crippen LogP contribution in [0.25, 0.3) is 0 Å². The van der Waals surface area contributed by atoms with Gasteiger partial charge in [0.15, 0.2) is 0 Å². The van der Waals surface area contributed by atoms with Crippen LogP contribution in [-0.2, 0) is 9.59 Å². The van der Waals surface area contributed by atoms with Gasteiger partial charge in [-0.25, -0.2) is 0 Å². The highest BCUT2D eigenvalue weighted by molar-refractivity contribution is 5.79. The lowest BCUT2D eigenvalue weighted by atomic mass is 9.97. The average Bonchev–Trinajstić information content (AvgIpc) is 3.21. The minimum absolute atomic E-state index is 0.156. The molecule has 1 amide bonds. The van der Waals surface area contributed by atoms with Gasteiger partial charge in [0.25, 0.3) is 0 Å². The second-order valence-electron chi connectivity index (χ2n) is 6.46. The molecule has 20 heavy (non-hydrogen) atoms. The first-order valence-corrected chi connectivity index (χ1v) is 7.72. The molecule has 0 aromatic heterocycles. The molecule has 0 aromatic rings. The van der Waals surface area contributed by atoms with Gasteiger partial charge in [0.1, 0.15) is 0 Å². The lowest BCUT2D eigenvalue weighted by molar-refractivity contribution is -0.146. The zero-order valence-electron chi connectivity index (χ0n) is 12.5. The van der Waals surface area contributed by atoms with E-state index in [4.69, 9.17) is 5.11 Å². The molecule has 2 fully saturated rings.